The predicted octanol–water partition coefficient (Wildman–Crippen LogP) is 2.94. The molecule has 66 valence electrons. The van der Waals surface area contributed by atoms with Crippen molar-refractivity contribution in [2.75, 3.05) is 0 Å². The molecule has 0 saturated carbocycles. The molecule has 0 bridgehead atoms. The number of phenols is 1. The zero-order chi connectivity index (χ0) is 9.14. The van der Waals surface area contributed by atoms with Crippen molar-refractivity contribution in [2.24, 2.45) is 0 Å². The quantitative estimate of drug-likeness (QED) is 0.847. The molecule has 12 heavy (non-hydrogen) atoms. The number of phenolic OH excluding ortho intramolecular Hbond substituents is 1. The van der Waals surface area contributed by atoms with Gasteiger partial charge in [-0.2, -0.15) is 0 Å². The van der Waals surface area contributed by atoms with E-state index in [-0.39, 0.29) is 11.9 Å². The summed E-state index contributed by atoms with van der Waals surface area (Å²) in [5.41, 5.74) is 0. The summed E-state index contributed by atoms with van der Waals surface area (Å²) in [4.78, 5) is 0. The van der Waals surface area contributed by atoms with Crippen molar-refractivity contribution in [1.29, 1.82) is 0 Å². The molecule has 0 saturated heterocycles. The largest absolute Gasteiger partial charge is 0.507 e. The topological polar surface area (TPSA) is 29.5 Å². The monoisotopic (exact) mass is 230 g/mol. The summed E-state index contributed by atoms with van der Waals surface area (Å²) in [5.74, 6) is 0.987. The molecule has 3 heteroatoms. The van der Waals surface area contributed by atoms with Crippen LogP contribution in [0.15, 0.2) is 22.7 Å². The van der Waals surface area contributed by atoms with E-state index in [1.54, 1.807) is 18.2 Å². The minimum absolute atomic E-state index is 0.154. The molecule has 2 nitrogen and oxygen atoms in total. The molecule has 0 heterocycles. The number of hydrogen-bond donors (Lipinski definition) is 1. The van der Waals surface area contributed by atoms with Crippen LogP contribution in [0.3, 0.4) is 0 Å². The highest BCUT2D eigenvalue weighted by Crippen LogP contribution is 2.28. The van der Waals surface area contributed by atoms with E-state index in [1.807, 2.05) is 13.8 Å². The van der Waals surface area contributed by atoms with E-state index in [4.69, 9.17) is 4.74 Å². The number of halogens is 1. The Labute approximate surface area is 80.3 Å². The van der Waals surface area contributed by atoms with Crippen LogP contribution in [0.5, 0.6) is 11.5 Å². The SMILES string of the molecule is CC(C)Oc1ccc(O)c(Br)c1. The molecule has 0 unspecified atom stereocenters. The third-order valence-corrected chi connectivity index (χ3v) is 1.93. The lowest BCUT2D eigenvalue weighted by molar-refractivity contribution is 0.242. The first-order chi connectivity index (χ1) is 5.59. The third kappa shape index (κ3) is 2.41. The van der Waals surface area contributed by atoms with Crippen LogP contribution >= 0.6 is 15.9 Å². The van der Waals surface area contributed by atoms with Crippen molar-refractivity contribution in [3.05, 3.63) is 22.7 Å². The molecule has 0 aliphatic carbocycles. The van der Waals surface area contributed by atoms with Crippen LogP contribution in [0, 0.1) is 0 Å². The molecule has 0 atom stereocenters. The zero-order valence-corrected chi connectivity index (χ0v) is 8.63. The lowest BCUT2D eigenvalue weighted by Gasteiger charge is -2.09. The first kappa shape index (κ1) is 9.39. The molecular weight excluding hydrogens is 220 g/mol. The number of benzene rings is 1. The summed E-state index contributed by atoms with van der Waals surface area (Å²) in [6.45, 7) is 3.92. The van der Waals surface area contributed by atoms with Crippen LogP contribution in [-0.2, 0) is 0 Å². The summed E-state index contributed by atoms with van der Waals surface area (Å²) in [7, 11) is 0. The van der Waals surface area contributed by atoms with E-state index in [0.717, 1.165) is 5.75 Å². The highest BCUT2D eigenvalue weighted by molar-refractivity contribution is 9.10. The molecule has 0 aliphatic rings. The van der Waals surface area contributed by atoms with Gasteiger partial charge >= 0.3 is 0 Å². The minimum Gasteiger partial charge on any atom is -0.507 e. The molecule has 1 rings (SSSR count). The highest BCUT2D eigenvalue weighted by atomic mass is 79.9. The minimum atomic E-state index is 0.154. The third-order valence-electron chi connectivity index (χ3n) is 1.29. The maximum absolute atomic E-state index is 9.18. The Bertz CT molecular complexity index is 271. The highest BCUT2D eigenvalue weighted by Gasteiger charge is 2.01. The van der Waals surface area contributed by atoms with Crippen LogP contribution in [-0.4, -0.2) is 11.2 Å². The molecular formula is C9H11BrO2. The van der Waals surface area contributed by atoms with E-state index in [9.17, 15) is 5.11 Å². The Hall–Kier alpha value is -0.700. The number of aromatic hydroxyl groups is 1. The summed E-state index contributed by atoms with van der Waals surface area (Å²) in [6.07, 6.45) is 0.154. The smallest absolute Gasteiger partial charge is 0.130 e. The van der Waals surface area contributed by atoms with Gasteiger partial charge in [0.05, 0.1) is 10.6 Å². The molecule has 1 N–H and O–H groups in total. The molecule has 0 spiro atoms. The molecule has 0 amide bonds. The van der Waals surface area contributed by atoms with Crippen LogP contribution in [0.4, 0.5) is 0 Å². The van der Waals surface area contributed by atoms with Crippen molar-refractivity contribution >= 4 is 15.9 Å². The Kier molecular flexibility index (Phi) is 2.98. The fourth-order valence-electron chi connectivity index (χ4n) is 0.833. The van der Waals surface area contributed by atoms with Gasteiger partial charge in [0.15, 0.2) is 0 Å². The van der Waals surface area contributed by atoms with Gasteiger partial charge in [-0.3, -0.25) is 0 Å². The second kappa shape index (κ2) is 3.81. The fraction of sp³-hybridized carbons (Fsp3) is 0.333. The van der Waals surface area contributed by atoms with Gasteiger partial charge in [-0.15, -0.1) is 0 Å². The second-order valence-corrected chi connectivity index (χ2v) is 3.63. The van der Waals surface area contributed by atoms with Crippen molar-refractivity contribution in [3.63, 3.8) is 0 Å². The Morgan fingerprint density at radius 1 is 1.42 bits per heavy atom. The van der Waals surface area contributed by atoms with Gasteiger partial charge in [-0.05, 0) is 48.0 Å². The molecule has 0 aromatic heterocycles. The van der Waals surface area contributed by atoms with Gasteiger partial charge in [0.25, 0.3) is 0 Å². The standard InChI is InChI=1S/C9H11BrO2/c1-6(2)12-7-3-4-9(11)8(10)5-7/h3-6,11H,1-2H3. The summed E-state index contributed by atoms with van der Waals surface area (Å²) in [6, 6.07) is 5.08. The molecule has 1 aromatic rings. The molecule has 0 aliphatic heterocycles. The first-order valence-electron chi connectivity index (χ1n) is 3.75. The van der Waals surface area contributed by atoms with Gasteiger partial charge < -0.3 is 9.84 Å². The summed E-state index contributed by atoms with van der Waals surface area (Å²) in [5, 5.41) is 9.18. The number of rotatable bonds is 2. The van der Waals surface area contributed by atoms with Gasteiger partial charge in [0.2, 0.25) is 0 Å². The first-order valence-corrected chi connectivity index (χ1v) is 4.54. The van der Waals surface area contributed by atoms with E-state index in [0.29, 0.717) is 4.47 Å². The lowest BCUT2D eigenvalue weighted by Crippen LogP contribution is -2.05. The van der Waals surface area contributed by atoms with E-state index in [2.05, 4.69) is 15.9 Å². The van der Waals surface area contributed by atoms with Crippen LogP contribution in [0.25, 0.3) is 0 Å². The van der Waals surface area contributed by atoms with Gasteiger partial charge in [0.1, 0.15) is 11.5 Å². The van der Waals surface area contributed by atoms with Crippen molar-refractivity contribution in [2.45, 2.75) is 20.0 Å². The van der Waals surface area contributed by atoms with Crippen molar-refractivity contribution in [1.82, 2.24) is 0 Å². The average Bonchev–Trinajstić information content (AvgIpc) is 1.96. The van der Waals surface area contributed by atoms with Crippen molar-refractivity contribution < 1.29 is 9.84 Å². The molecule has 0 radical (unpaired) electrons. The molecule has 0 fully saturated rings. The summed E-state index contributed by atoms with van der Waals surface area (Å²) >= 11 is 3.21. The van der Waals surface area contributed by atoms with Crippen LogP contribution < -0.4 is 4.74 Å². The van der Waals surface area contributed by atoms with Crippen LogP contribution in [0.2, 0.25) is 0 Å². The van der Waals surface area contributed by atoms with E-state index >= 15 is 0 Å². The molecule has 1 aromatic carbocycles. The average molecular weight is 231 g/mol. The van der Waals surface area contributed by atoms with E-state index in [1.165, 1.54) is 0 Å². The predicted molar refractivity (Wildman–Crippen MR) is 51.6 cm³/mol. The van der Waals surface area contributed by atoms with Gasteiger partial charge in [-0.1, -0.05) is 0 Å². The lowest BCUT2D eigenvalue weighted by atomic mass is 10.3. The van der Waals surface area contributed by atoms with Gasteiger partial charge in [-0.25, -0.2) is 0 Å². The Morgan fingerprint density at radius 3 is 2.58 bits per heavy atom. The van der Waals surface area contributed by atoms with Crippen molar-refractivity contribution in [3.8, 4) is 11.5 Å². The Balaban J connectivity index is 2.82. The fourth-order valence-corrected chi connectivity index (χ4v) is 1.19. The normalized spacial score (nSPS) is 10.3. The second-order valence-electron chi connectivity index (χ2n) is 2.78. The Morgan fingerprint density at radius 2 is 2.08 bits per heavy atom. The maximum atomic E-state index is 9.18. The summed E-state index contributed by atoms with van der Waals surface area (Å²) < 4.78 is 6.06. The van der Waals surface area contributed by atoms with E-state index < -0.39 is 0 Å². The maximum Gasteiger partial charge on any atom is 0.130 e. The number of ether oxygens (including phenoxy) is 1. The van der Waals surface area contributed by atoms with Gasteiger partial charge in [0, 0.05) is 0 Å². The number of hydrogen-bond acceptors (Lipinski definition) is 2. The van der Waals surface area contributed by atoms with Crippen LogP contribution in [0.1, 0.15) is 13.8 Å². The zero-order valence-electron chi connectivity index (χ0n) is 7.04.